The van der Waals surface area contributed by atoms with E-state index in [-0.39, 0.29) is 28.5 Å². The number of fused-ring (bicyclic) bond motifs is 2. The van der Waals surface area contributed by atoms with E-state index in [4.69, 9.17) is 14.5 Å². The van der Waals surface area contributed by atoms with Crippen molar-refractivity contribution >= 4 is 5.97 Å². The number of carbonyl (C=O) groups excluding carboxylic acids is 1. The molecular weight excluding hydrogens is 424 g/mol. The number of allylic oxidation sites excluding steroid dienone is 2. The molecule has 0 aromatic rings. The van der Waals surface area contributed by atoms with Crippen LogP contribution in [-0.4, -0.2) is 23.3 Å². The molecule has 2 bridgehead atoms. The molecule has 2 aliphatic heterocycles. The minimum atomic E-state index is -0.480. The third-order valence-corrected chi connectivity index (χ3v) is 11.4. The van der Waals surface area contributed by atoms with E-state index in [2.05, 4.69) is 65.8 Å². The van der Waals surface area contributed by atoms with Crippen molar-refractivity contribution in [2.45, 2.75) is 111 Å². The first-order valence-electron chi connectivity index (χ1n) is 13.9. The van der Waals surface area contributed by atoms with Crippen molar-refractivity contribution in [3.05, 3.63) is 24.3 Å². The van der Waals surface area contributed by atoms with Crippen molar-refractivity contribution in [3.63, 3.8) is 0 Å². The molecule has 10 atom stereocenters. The highest BCUT2D eigenvalue weighted by Crippen LogP contribution is 2.72. The SMILES string of the molecule is CC(=O)OC1CCC2(C)C3CCC4(C)C([C@H](C)/C=C/[C@H](C)C(C)C)CCC4[C@@]34C=C[C@]2(C1)OO4. The van der Waals surface area contributed by atoms with Crippen molar-refractivity contribution in [2.75, 3.05) is 0 Å². The first kappa shape index (κ1) is 24.6. The molecule has 0 aromatic heterocycles. The molecule has 4 nitrogen and oxygen atoms in total. The van der Waals surface area contributed by atoms with Gasteiger partial charge in [-0.25, -0.2) is 9.78 Å². The summed E-state index contributed by atoms with van der Waals surface area (Å²) in [5, 5.41) is 0. The average molecular weight is 471 g/mol. The van der Waals surface area contributed by atoms with Crippen molar-refractivity contribution in [1.29, 1.82) is 0 Å². The van der Waals surface area contributed by atoms with Crippen LogP contribution in [0.15, 0.2) is 24.3 Å². The van der Waals surface area contributed by atoms with Gasteiger partial charge in [-0.15, -0.1) is 0 Å². The molecule has 2 spiro atoms. The van der Waals surface area contributed by atoms with E-state index in [1.165, 1.54) is 32.6 Å². The normalized spacial score (nSPS) is 48.9. The van der Waals surface area contributed by atoms with Crippen LogP contribution < -0.4 is 0 Å². The Morgan fingerprint density at radius 1 is 0.971 bits per heavy atom. The number of esters is 1. The first-order valence-corrected chi connectivity index (χ1v) is 13.9. The second-order valence-corrected chi connectivity index (χ2v) is 13.3. The molecule has 3 saturated carbocycles. The van der Waals surface area contributed by atoms with E-state index < -0.39 is 5.60 Å². The summed E-state index contributed by atoms with van der Waals surface area (Å²) >= 11 is 0. The molecule has 4 heteroatoms. The fraction of sp³-hybridized carbons (Fsp3) is 0.833. The zero-order chi connectivity index (χ0) is 24.5. The number of hydrogen-bond acceptors (Lipinski definition) is 4. The summed E-state index contributed by atoms with van der Waals surface area (Å²) < 4.78 is 5.63. The highest BCUT2D eigenvalue weighted by Gasteiger charge is 2.74. The summed E-state index contributed by atoms with van der Waals surface area (Å²) in [4.78, 5) is 24.6. The van der Waals surface area contributed by atoms with Crippen LogP contribution >= 0.6 is 0 Å². The van der Waals surface area contributed by atoms with Crippen LogP contribution in [0.1, 0.15) is 93.4 Å². The van der Waals surface area contributed by atoms with Crippen molar-refractivity contribution in [3.8, 4) is 0 Å². The Kier molecular flexibility index (Phi) is 5.92. The van der Waals surface area contributed by atoms with E-state index in [9.17, 15) is 4.79 Å². The predicted molar refractivity (Wildman–Crippen MR) is 134 cm³/mol. The van der Waals surface area contributed by atoms with Crippen molar-refractivity contribution < 1.29 is 19.3 Å². The maximum absolute atomic E-state index is 11.6. The summed E-state index contributed by atoms with van der Waals surface area (Å²) in [5.41, 5.74) is -0.514. The molecule has 2 heterocycles. The molecular formula is C30H46O4. The molecule has 0 radical (unpaired) electrons. The maximum atomic E-state index is 11.6. The van der Waals surface area contributed by atoms with Gasteiger partial charge in [0.2, 0.25) is 0 Å². The number of hydrogen-bond donors (Lipinski definition) is 0. The van der Waals surface area contributed by atoms with Gasteiger partial charge in [0.15, 0.2) is 0 Å². The summed E-state index contributed by atoms with van der Waals surface area (Å²) in [6.07, 6.45) is 17.1. The van der Waals surface area contributed by atoms with Gasteiger partial charge in [-0.2, -0.15) is 0 Å². The standard InChI is InChI=1S/C30H46O4/c1-19(2)20(3)8-9-21(4)24-10-11-25-27(24,6)14-13-26-28(7)15-12-23(32-22(5)31)18-29(28)16-17-30(25,26)34-33-29/h8-9,16-17,19-21,23-26H,10-15,18H2,1-7H3/b9-8+/t20-,21+,23?,24?,25?,26?,27?,28?,29+,30-/m0/s1. The Balaban J connectivity index is 1.42. The lowest BCUT2D eigenvalue weighted by atomic mass is 9.42. The van der Waals surface area contributed by atoms with Crippen LogP contribution in [-0.2, 0) is 19.3 Å². The van der Waals surface area contributed by atoms with Gasteiger partial charge in [0.1, 0.15) is 17.3 Å². The fourth-order valence-corrected chi connectivity index (χ4v) is 9.03. The zero-order valence-electron chi connectivity index (χ0n) is 22.4. The van der Waals surface area contributed by atoms with Crippen molar-refractivity contribution in [2.24, 2.45) is 46.3 Å². The summed E-state index contributed by atoms with van der Waals surface area (Å²) in [6.45, 7) is 15.9. The molecule has 190 valence electrons. The minimum absolute atomic E-state index is 0.0221. The highest BCUT2D eigenvalue weighted by molar-refractivity contribution is 5.66. The molecule has 6 rings (SSSR count). The summed E-state index contributed by atoms with van der Waals surface area (Å²) in [6, 6.07) is 0. The molecule has 0 N–H and O–H groups in total. The van der Waals surface area contributed by atoms with Crippen LogP contribution in [0.5, 0.6) is 0 Å². The van der Waals surface area contributed by atoms with Gasteiger partial charge in [-0.3, -0.25) is 4.79 Å². The minimum Gasteiger partial charge on any atom is -0.462 e. The third-order valence-electron chi connectivity index (χ3n) is 11.4. The highest BCUT2D eigenvalue weighted by atomic mass is 17.2. The molecule has 4 fully saturated rings. The van der Waals surface area contributed by atoms with Crippen LogP contribution in [0.3, 0.4) is 0 Å². The van der Waals surface area contributed by atoms with Gasteiger partial charge in [-0.1, -0.05) is 59.8 Å². The van der Waals surface area contributed by atoms with Crippen LogP contribution in [0, 0.1) is 46.3 Å². The van der Waals surface area contributed by atoms with E-state index in [0.717, 1.165) is 12.8 Å². The topological polar surface area (TPSA) is 44.8 Å². The zero-order valence-corrected chi connectivity index (χ0v) is 22.4. The maximum Gasteiger partial charge on any atom is 0.302 e. The number of ether oxygens (including phenoxy) is 1. The first-order chi connectivity index (χ1) is 16.0. The quantitative estimate of drug-likeness (QED) is 0.245. The Hall–Kier alpha value is -1.13. The number of carbonyl (C=O) groups is 1. The van der Waals surface area contributed by atoms with Crippen LogP contribution in [0.2, 0.25) is 0 Å². The third kappa shape index (κ3) is 3.34. The van der Waals surface area contributed by atoms with Crippen LogP contribution in [0.25, 0.3) is 0 Å². The molecule has 0 aromatic carbocycles. The second-order valence-electron chi connectivity index (χ2n) is 13.3. The lowest BCUT2D eigenvalue weighted by Gasteiger charge is -2.69. The Morgan fingerprint density at radius 3 is 2.38 bits per heavy atom. The van der Waals surface area contributed by atoms with Gasteiger partial charge in [-0.05, 0) is 73.7 Å². The summed E-state index contributed by atoms with van der Waals surface area (Å²) in [7, 11) is 0. The van der Waals surface area contributed by atoms with E-state index in [1.807, 2.05) is 0 Å². The summed E-state index contributed by atoms with van der Waals surface area (Å²) in [5.74, 6) is 3.30. The van der Waals surface area contributed by atoms with Crippen molar-refractivity contribution in [1.82, 2.24) is 0 Å². The average Bonchev–Trinajstić information content (AvgIpc) is 3.14. The van der Waals surface area contributed by atoms with E-state index in [1.54, 1.807) is 0 Å². The molecule has 6 aliphatic rings. The Labute approximate surface area is 206 Å². The van der Waals surface area contributed by atoms with Gasteiger partial charge in [0.25, 0.3) is 0 Å². The van der Waals surface area contributed by atoms with E-state index >= 15 is 0 Å². The molecule has 0 amide bonds. The van der Waals surface area contributed by atoms with Gasteiger partial charge in [0.05, 0.1) is 0 Å². The Morgan fingerprint density at radius 2 is 1.74 bits per heavy atom. The largest absolute Gasteiger partial charge is 0.462 e. The molecule has 4 aliphatic carbocycles. The van der Waals surface area contributed by atoms with Gasteiger partial charge < -0.3 is 4.74 Å². The number of rotatable bonds is 5. The predicted octanol–water partition coefficient (Wildman–Crippen LogP) is 7.04. The Bertz CT molecular complexity index is 877. The van der Waals surface area contributed by atoms with Gasteiger partial charge >= 0.3 is 5.97 Å². The molecule has 1 saturated heterocycles. The van der Waals surface area contributed by atoms with Gasteiger partial charge in [0, 0.05) is 30.6 Å². The van der Waals surface area contributed by atoms with E-state index in [0.29, 0.717) is 41.9 Å². The molecule has 34 heavy (non-hydrogen) atoms. The monoisotopic (exact) mass is 470 g/mol. The fourth-order valence-electron chi connectivity index (χ4n) is 9.03. The smallest absolute Gasteiger partial charge is 0.302 e. The molecule has 6 unspecified atom stereocenters. The van der Waals surface area contributed by atoms with Crippen LogP contribution in [0.4, 0.5) is 0 Å². The second kappa shape index (κ2) is 8.20. The lowest BCUT2D eigenvalue weighted by Crippen LogP contribution is -2.73. The lowest BCUT2D eigenvalue weighted by molar-refractivity contribution is -0.497.